The SMILES string of the molecule is N#Cc1ccc(C2(O)CC3CCC(C2)N3Cc2ccccc2)c(C(F)(F)F)c1. The molecule has 6 heteroatoms. The van der Waals surface area contributed by atoms with Gasteiger partial charge in [0.15, 0.2) is 0 Å². The molecule has 0 aliphatic carbocycles. The molecule has 2 saturated heterocycles. The summed E-state index contributed by atoms with van der Waals surface area (Å²) in [6.07, 6.45) is -2.33. The average molecular weight is 386 g/mol. The molecule has 28 heavy (non-hydrogen) atoms. The second-order valence-corrected chi connectivity index (χ2v) is 7.85. The van der Waals surface area contributed by atoms with E-state index in [4.69, 9.17) is 5.26 Å². The summed E-state index contributed by atoms with van der Waals surface area (Å²) in [5.74, 6) is 0. The second-order valence-electron chi connectivity index (χ2n) is 7.85. The predicted octanol–water partition coefficient (Wildman–Crippen LogP) is 4.59. The summed E-state index contributed by atoms with van der Waals surface area (Å²) < 4.78 is 40.9. The van der Waals surface area contributed by atoms with Gasteiger partial charge in [-0.05, 0) is 48.9 Å². The highest BCUT2D eigenvalue weighted by Crippen LogP contribution is 2.49. The Kier molecular flexibility index (Phi) is 4.68. The highest BCUT2D eigenvalue weighted by atomic mass is 19.4. The van der Waals surface area contributed by atoms with Crippen LogP contribution in [0.5, 0.6) is 0 Å². The van der Waals surface area contributed by atoms with E-state index >= 15 is 0 Å². The lowest BCUT2D eigenvalue weighted by molar-refractivity contribution is -0.143. The smallest absolute Gasteiger partial charge is 0.385 e. The molecule has 2 bridgehead atoms. The van der Waals surface area contributed by atoms with Crippen molar-refractivity contribution in [2.45, 2.75) is 56.1 Å². The van der Waals surface area contributed by atoms with E-state index in [2.05, 4.69) is 4.90 Å². The molecule has 2 aliphatic heterocycles. The molecule has 0 radical (unpaired) electrons. The summed E-state index contributed by atoms with van der Waals surface area (Å²) in [7, 11) is 0. The third-order valence-corrected chi connectivity index (χ3v) is 6.08. The maximum Gasteiger partial charge on any atom is 0.416 e. The van der Waals surface area contributed by atoms with Gasteiger partial charge in [0.25, 0.3) is 0 Å². The first-order chi connectivity index (χ1) is 13.3. The van der Waals surface area contributed by atoms with Crippen molar-refractivity contribution >= 4 is 0 Å². The van der Waals surface area contributed by atoms with Gasteiger partial charge in [0.05, 0.1) is 22.8 Å². The molecule has 0 aromatic heterocycles. The van der Waals surface area contributed by atoms with Crippen molar-refractivity contribution in [3.8, 4) is 6.07 Å². The van der Waals surface area contributed by atoms with Crippen molar-refractivity contribution < 1.29 is 18.3 Å². The van der Waals surface area contributed by atoms with Crippen molar-refractivity contribution in [2.75, 3.05) is 0 Å². The number of hydrogen-bond acceptors (Lipinski definition) is 3. The van der Waals surface area contributed by atoms with Gasteiger partial charge in [-0.2, -0.15) is 18.4 Å². The Morgan fingerprint density at radius 2 is 1.71 bits per heavy atom. The molecule has 146 valence electrons. The molecule has 0 spiro atoms. The van der Waals surface area contributed by atoms with E-state index in [0.717, 1.165) is 25.5 Å². The van der Waals surface area contributed by atoms with Crippen LogP contribution in [0.3, 0.4) is 0 Å². The number of aliphatic hydroxyl groups is 1. The lowest BCUT2D eigenvalue weighted by atomic mass is 9.78. The molecule has 2 aromatic rings. The van der Waals surface area contributed by atoms with Gasteiger partial charge in [0, 0.05) is 18.6 Å². The Bertz CT molecular complexity index is 890. The minimum Gasteiger partial charge on any atom is -0.385 e. The molecule has 4 rings (SSSR count). The average Bonchev–Trinajstić information content (AvgIpc) is 2.91. The summed E-state index contributed by atoms with van der Waals surface area (Å²) in [6.45, 7) is 0.742. The van der Waals surface area contributed by atoms with Crippen molar-refractivity contribution in [1.29, 1.82) is 5.26 Å². The van der Waals surface area contributed by atoms with E-state index < -0.39 is 17.3 Å². The van der Waals surface area contributed by atoms with Gasteiger partial charge in [-0.1, -0.05) is 36.4 Å². The molecule has 0 amide bonds. The molecule has 2 aromatic carbocycles. The van der Waals surface area contributed by atoms with Crippen LogP contribution in [0.1, 0.15) is 47.9 Å². The van der Waals surface area contributed by atoms with E-state index in [1.807, 2.05) is 30.3 Å². The summed E-state index contributed by atoms with van der Waals surface area (Å²) in [6, 6.07) is 15.3. The largest absolute Gasteiger partial charge is 0.416 e. The number of alkyl halides is 3. The Morgan fingerprint density at radius 3 is 2.29 bits per heavy atom. The zero-order chi connectivity index (χ0) is 19.9. The molecular weight excluding hydrogens is 365 g/mol. The fraction of sp³-hybridized carbons (Fsp3) is 0.409. The van der Waals surface area contributed by atoms with Crippen LogP contribution in [0.15, 0.2) is 48.5 Å². The van der Waals surface area contributed by atoms with Gasteiger partial charge in [0.2, 0.25) is 0 Å². The van der Waals surface area contributed by atoms with Crippen LogP contribution in [-0.2, 0) is 18.3 Å². The monoisotopic (exact) mass is 386 g/mol. The number of benzene rings is 2. The molecule has 3 nitrogen and oxygen atoms in total. The quantitative estimate of drug-likeness (QED) is 0.839. The number of rotatable bonds is 3. The van der Waals surface area contributed by atoms with Crippen molar-refractivity contribution in [2.24, 2.45) is 0 Å². The number of halogens is 3. The summed E-state index contributed by atoms with van der Waals surface area (Å²) in [4.78, 5) is 2.32. The minimum absolute atomic E-state index is 0.0423. The van der Waals surface area contributed by atoms with Gasteiger partial charge in [-0.25, -0.2) is 0 Å². The topological polar surface area (TPSA) is 47.3 Å². The molecule has 0 saturated carbocycles. The normalized spacial score (nSPS) is 27.5. The maximum absolute atomic E-state index is 13.6. The second kappa shape index (κ2) is 6.91. The van der Waals surface area contributed by atoms with Crippen LogP contribution in [0.25, 0.3) is 0 Å². The minimum atomic E-state index is -4.61. The van der Waals surface area contributed by atoms with Crippen LogP contribution in [0, 0.1) is 11.3 Å². The first-order valence-corrected chi connectivity index (χ1v) is 9.44. The highest BCUT2D eigenvalue weighted by molar-refractivity contribution is 5.43. The lowest BCUT2D eigenvalue weighted by Crippen LogP contribution is -2.49. The standard InChI is InChI=1S/C22H21F3N2O/c23-22(24,25)20-10-16(13-26)6-9-19(20)21(28)11-17-7-8-18(12-21)27(17)14-15-4-2-1-3-5-15/h1-6,9-10,17-18,28H,7-8,11-12,14H2. The van der Waals surface area contributed by atoms with E-state index in [1.54, 1.807) is 6.07 Å². The Balaban J connectivity index is 1.64. The summed E-state index contributed by atoms with van der Waals surface area (Å²) in [5, 5.41) is 20.3. The van der Waals surface area contributed by atoms with Gasteiger partial charge in [-0.3, -0.25) is 4.90 Å². The lowest BCUT2D eigenvalue weighted by Gasteiger charge is -2.45. The summed E-state index contributed by atoms with van der Waals surface area (Å²) >= 11 is 0. The third kappa shape index (κ3) is 3.41. The zero-order valence-corrected chi connectivity index (χ0v) is 15.3. The highest BCUT2D eigenvalue weighted by Gasteiger charge is 2.50. The molecule has 2 fully saturated rings. The van der Waals surface area contributed by atoms with Gasteiger partial charge in [0.1, 0.15) is 0 Å². The van der Waals surface area contributed by atoms with Crippen molar-refractivity contribution in [1.82, 2.24) is 4.90 Å². The van der Waals surface area contributed by atoms with E-state index in [1.165, 1.54) is 17.7 Å². The van der Waals surface area contributed by atoms with Gasteiger partial charge < -0.3 is 5.11 Å². The first kappa shape index (κ1) is 19.0. The van der Waals surface area contributed by atoms with Crippen LogP contribution in [0.4, 0.5) is 13.2 Å². The molecular formula is C22H21F3N2O. The van der Waals surface area contributed by atoms with Gasteiger partial charge in [-0.15, -0.1) is 0 Å². The van der Waals surface area contributed by atoms with E-state index in [-0.39, 0.29) is 36.1 Å². The third-order valence-electron chi connectivity index (χ3n) is 6.08. The summed E-state index contributed by atoms with van der Waals surface area (Å²) in [5.41, 5.74) is -1.42. The van der Waals surface area contributed by atoms with E-state index in [0.29, 0.717) is 0 Å². The fourth-order valence-corrected chi connectivity index (χ4v) is 4.84. The van der Waals surface area contributed by atoms with Crippen LogP contribution in [-0.4, -0.2) is 22.1 Å². The Morgan fingerprint density at radius 1 is 1.07 bits per heavy atom. The van der Waals surface area contributed by atoms with Crippen LogP contribution in [0.2, 0.25) is 0 Å². The number of hydrogen-bond donors (Lipinski definition) is 1. The number of fused-ring (bicyclic) bond motifs is 2. The van der Waals surface area contributed by atoms with Gasteiger partial charge >= 0.3 is 6.18 Å². The molecule has 2 unspecified atom stereocenters. The molecule has 2 atom stereocenters. The molecule has 2 aliphatic rings. The first-order valence-electron chi connectivity index (χ1n) is 9.44. The Hall–Kier alpha value is -2.36. The van der Waals surface area contributed by atoms with Crippen LogP contribution < -0.4 is 0 Å². The molecule has 1 N–H and O–H groups in total. The fourth-order valence-electron chi connectivity index (χ4n) is 4.84. The van der Waals surface area contributed by atoms with Crippen LogP contribution >= 0.6 is 0 Å². The molecule has 2 heterocycles. The number of nitrogens with zero attached hydrogens (tertiary/aromatic N) is 2. The van der Waals surface area contributed by atoms with E-state index in [9.17, 15) is 18.3 Å². The zero-order valence-electron chi connectivity index (χ0n) is 15.3. The predicted molar refractivity (Wildman–Crippen MR) is 98.1 cm³/mol. The Labute approximate surface area is 162 Å². The van der Waals surface area contributed by atoms with Crippen molar-refractivity contribution in [3.63, 3.8) is 0 Å². The number of nitriles is 1. The maximum atomic E-state index is 13.6. The van der Waals surface area contributed by atoms with Crippen molar-refractivity contribution in [3.05, 3.63) is 70.8 Å². The number of piperidine rings is 1.